The number of aliphatic hydroxyl groups is 1. The second-order valence-electron chi connectivity index (χ2n) is 6.60. The molecule has 6 heteroatoms. The van der Waals surface area contributed by atoms with Gasteiger partial charge in [-0.25, -0.2) is 0 Å². The average molecular weight is 350 g/mol. The van der Waals surface area contributed by atoms with Crippen molar-refractivity contribution in [3.05, 3.63) is 35.0 Å². The number of benzene rings is 1. The maximum Gasteiger partial charge on any atom is 0.290 e. The second kappa shape index (κ2) is 6.39. The molecule has 1 aliphatic heterocycles. The van der Waals surface area contributed by atoms with Crippen molar-refractivity contribution in [2.24, 2.45) is 5.92 Å². The van der Waals surface area contributed by atoms with Gasteiger partial charge in [-0.05, 0) is 37.1 Å². The van der Waals surface area contributed by atoms with Crippen molar-refractivity contribution in [1.82, 2.24) is 4.90 Å². The number of carbonyl (C=O) groups is 1. The molecule has 2 aliphatic rings. The van der Waals surface area contributed by atoms with E-state index in [0.29, 0.717) is 36.1 Å². The Hall–Kier alpha value is -1.56. The van der Waals surface area contributed by atoms with Crippen molar-refractivity contribution < 1.29 is 19.1 Å². The average Bonchev–Trinajstić information content (AvgIpc) is 3.19. The first kappa shape index (κ1) is 15.9. The lowest BCUT2D eigenvalue weighted by atomic mass is 9.94. The third kappa shape index (κ3) is 2.81. The Morgan fingerprint density at radius 2 is 2.17 bits per heavy atom. The quantitative estimate of drug-likeness (QED) is 0.905. The molecule has 0 bridgehead atoms. The van der Waals surface area contributed by atoms with Crippen LogP contribution in [-0.4, -0.2) is 47.8 Å². The van der Waals surface area contributed by atoms with E-state index < -0.39 is 0 Å². The number of ether oxygens (including phenoxy) is 1. The van der Waals surface area contributed by atoms with Gasteiger partial charge in [-0.2, -0.15) is 0 Å². The van der Waals surface area contributed by atoms with Gasteiger partial charge < -0.3 is 19.2 Å². The zero-order chi connectivity index (χ0) is 16.7. The highest BCUT2D eigenvalue weighted by molar-refractivity contribution is 6.31. The summed E-state index contributed by atoms with van der Waals surface area (Å²) in [5.74, 6) is 0.245. The highest BCUT2D eigenvalue weighted by atomic mass is 35.5. The number of halogens is 1. The zero-order valence-electron chi connectivity index (χ0n) is 13.3. The molecule has 128 valence electrons. The van der Waals surface area contributed by atoms with Gasteiger partial charge in [-0.15, -0.1) is 0 Å². The third-order valence-electron chi connectivity index (χ3n) is 5.14. The molecule has 1 aromatic carbocycles. The van der Waals surface area contributed by atoms with Gasteiger partial charge in [0.1, 0.15) is 5.58 Å². The summed E-state index contributed by atoms with van der Waals surface area (Å²) in [6, 6.07) is 6.94. The Morgan fingerprint density at radius 1 is 1.29 bits per heavy atom. The van der Waals surface area contributed by atoms with Gasteiger partial charge in [0.2, 0.25) is 0 Å². The van der Waals surface area contributed by atoms with Gasteiger partial charge >= 0.3 is 0 Å². The highest BCUT2D eigenvalue weighted by Crippen LogP contribution is 2.33. The van der Waals surface area contributed by atoms with Gasteiger partial charge in [0, 0.05) is 22.9 Å². The summed E-state index contributed by atoms with van der Waals surface area (Å²) in [6.45, 7) is 1.50. The standard InChI is InChI=1S/C18H20ClNO4/c19-12-4-5-16-11(8-12)9-17(24-16)18(22)20-6-7-23-10-14(20)13-2-1-3-15(13)21/h4-5,8-9,13-15,21H,1-3,6-7,10H2/t13-,14+,15-/m0/s1. The van der Waals surface area contributed by atoms with Crippen LogP contribution in [0.1, 0.15) is 29.8 Å². The lowest BCUT2D eigenvalue weighted by Gasteiger charge is -2.39. The molecular weight excluding hydrogens is 330 g/mol. The topological polar surface area (TPSA) is 62.9 Å². The summed E-state index contributed by atoms with van der Waals surface area (Å²) in [4.78, 5) is 14.8. The van der Waals surface area contributed by atoms with E-state index in [1.807, 2.05) is 4.90 Å². The summed E-state index contributed by atoms with van der Waals surface area (Å²) in [5.41, 5.74) is 0.647. The van der Waals surface area contributed by atoms with Crippen molar-refractivity contribution in [3.8, 4) is 0 Å². The van der Waals surface area contributed by atoms with Crippen LogP contribution in [0.2, 0.25) is 5.02 Å². The van der Waals surface area contributed by atoms with E-state index in [1.54, 1.807) is 24.3 Å². The normalized spacial score (nSPS) is 27.8. The van der Waals surface area contributed by atoms with E-state index in [2.05, 4.69) is 0 Å². The minimum atomic E-state index is -0.360. The first-order chi connectivity index (χ1) is 11.6. The molecule has 2 fully saturated rings. The Bertz CT molecular complexity index is 759. The van der Waals surface area contributed by atoms with Gasteiger partial charge in [0.05, 0.1) is 25.4 Å². The molecule has 2 heterocycles. The van der Waals surface area contributed by atoms with Crippen LogP contribution in [0.5, 0.6) is 0 Å². The number of nitrogens with zero attached hydrogens (tertiary/aromatic N) is 1. The number of hydrogen-bond donors (Lipinski definition) is 1. The molecule has 24 heavy (non-hydrogen) atoms. The number of aliphatic hydroxyl groups excluding tert-OH is 1. The molecule has 0 unspecified atom stereocenters. The monoisotopic (exact) mass is 349 g/mol. The van der Waals surface area contributed by atoms with E-state index in [9.17, 15) is 9.90 Å². The highest BCUT2D eigenvalue weighted by Gasteiger charge is 2.40. The van der Waals surface area contributed by atoms with Gasteiger partial charge in [0.25, 0.3) is 5.91 Å². The molecule has 1 saturated carbocycles. The van der Waals surface area contributed by atoms with Gasteiger partial charge in [0.15, 0.2) is 5.76 Å². The van der Waals surface area contributed by atoms with Crippen LogP contribution >= 0.6 is 11.6 Å². The molecule has 0 spiro atoms. The lowest BCUT2D eigenvalue weighted by molar-refractivity contribution is -0.0393. The number of morpholine rings is 1. The Morgan fingerprint density at radius 3 is 2.96 bits per heavy atom. The minimum absolute atomic E-state index is 0.0769. The number of fused-ring (bicyclic) bond motifs is 1. The van der Waals surface area contributed by atoms with Crippen LogP contribution in [0.25, 0.3) is 11.0 Å². The van der Waals surface area contributed by atoms with Crippen molar-refractivity contribution in [3.63, 3.8) is 0 Å². The molecule has 3 atom stereocenters. The van der Waals surface area contributed by atoms with Crippen LogP contribution < -0.4 is 0 Å². The van der Waals surface area contributed by atoms with Gasteiger partial charge in [-0.1, -0.05) is 18.0 Å². The Labute approximate surface area is 145 Å². The number of hydrogen-bond acceptors (Lipinski definition) is 4. The van der Waals surface area contributed by atoms with E-state index in [4.69, 9.17) is 20.8 Å². The largest absolute Gasteiger partial charge is 0.451 e. The zero-order valence-corrected chi connectivity index (χ0v) is 14.0. The van der Waals surface area contributed by atoms with Crippen LogP contribution in [-0.2, 0) is 4.74 Å². The Balaban J connectivity index is 1.62. The fraction of sp³-hybridized carbons (Fsp3) is 0.500. The van der Waals surface area contributed by atoms with Crippen LogP contribution in [0.4, 0.5) is 0 Å². The molecule has 1 N–H and O–H groups in total. The number of carbonyl (C=O) groups excluding carboxylic acids is 1. The lowest BCUT2D eigenvalue weighted by Crippen LogP contribution is -2.53. The number of amides is 1. The molecule has 2 aromatic rings. The number of rotatable bonds is 2. The molecular formula is C18H20ClNO4. The van der Waals surface area contributed by atoms with Gasteiger partial charge in [-0.3, -0.25) is 4.79 Å². The maximum absolute atomic E-state index is 13.0. The van der Waals surface area contributed by atoms with E-state index >= 15 is 0 Å². The van der Waals surface area contributed by atoms with Crippen molar-refractivity contribution >= 4 is 28.5 Å². The van der Waals surface area contributed by atoms with Crippen LogP contribution in [0, 0.1) is 5.92 Å². The predicted molar refractivity (Wildman–Crippen MR) is 90.2 cm³/mol. The van der Waals surface area contributed by atoms with E-state index in [1.165, 1.54) is 0 Å². The summed E-state index contributed by atoms with van der Waals surface area (Å²) < 4.78 is 11.3. The summed E-state index contributed by atoms with van der Waals surface area (Å²) >= 11 is 6.00. The van der Waals surface area contributed by atoms with E-state index in [0.717, 1.165) is 24.6 Å². The van der Waals surface area contributed by atoms with Crippen LogP contribution in [0.3, 0.4) is 0 Å². The molecule has 5 nitrogen and oxygen atoms in total. The van der Waals surface area contributed by atoms with Crippen LogP contribution in [0.15, 0.2) is 28.7 Å². The van der Waals surface area contributed by atoms with Crippen molar-refractivity contribution in [2.45, 2.75) is 31.4 Å². The molecule has 0 radical (unpaired) electrons. The smallest absolute Gasteiger partial charge is 0.290 e. The summed E-state index contributed by atoms with van der Waals surface area (Å²) in [5, 5.41) is 11.7. The third-order valence-corrected chi connectivity index (χ3v) is 5.38. The van der Waals surface area contributed by atoms with Crippen molar-refractivity contribution in [2.75, 3.05) is 19.8 Å². The minimum Gasteiger partial charge on any atom is -0.451 e. The molecule has 1 aromatic heterocycles. The SMILES string of the molecule is O=C(c1cc2cc(Cl)ccc2o1)N1CCOC[C@@H]1[C@@H]1CCC[C@@H]1O. The van der Waals surface area contributed by atoms with E-state index in [-0.39, 0.29) is 24.0 Å². The Kier molecular flexibility index (Phi) is 4.24. The summed E-state index contributed by atoms with van der Waals surface area (Å²) in [6.07, 6.45) is 2.36. The molecule has 1 amide bonds. The number of furan rings is 1. The predicted octanol–water partition coefficient (Wildman–Crippen LogP) is 3.09. The fourth-order valence-electron chi connectivity index (χ4n) is 3.91. The first-order valence-electron chi connectivity index (χ1n) is 8.39. The fourth-order valence-corrected chi connectivity index (χ4v) is 4.09. The summed E-state index contributed by atoms with van der Waals surface area (Å²) in [7, 11) is 0. The molecule has 4 rings (SSSR count). The second-order valence-corrected chi connectivity index (χ2v) is 7.03. The molecule has 1 aliphatic carbocycles. The first-order valence-corrected chi connectivity index (χ1v) is 8.77. The van der Waals surface area contributed by atoms with Crippen molar-refractivity contribution in [1.29, 1.82) is 0 Å². The molecule has 1 saturated heterocycles. The maximum atomic E-state index is 13.0.